The van der Waals surface area contributed by atoms with Crippen LogP contribution in [0.5, 0.6) is 0 Å². The van der Waals surface area contributed by atoms with Gasteiger partial charge in [0.15, 0.2) is 0 Å². The highest BCUT2D eigenvalue weighted by Gasteiger charge is 2.37. The van der Waals surface area contributed by atoms with E-state index in [0.717, 1.165) is 26.1 Å². The average Bonchev–Trinajstić information content (AvgIpc) is 2.45. The number of hydrogen-bond donors (Lipinski definition) is 0. The Morgan fingerprint density at radius 2 is 1.55 bits per heavy atom. The minimum atomic E-state index is 0.248. The first-order chi connectivity index (χ1) is 9.74. The van der Waals surface area contributed by atoms with Crippen molar-refractivity contribution in [1.29, 1.82) is 0 Å². The van der Waals surface area contributed by atoms with Crippen molar-refractivity contribution in [1.82, 2.24) is 0 Å². The van der Waals surface area contributed by atoms with Crippen LogP contribution < -0.4 is 0 Å². The van der Waals surface area contributed by atoms with E-state index in [4.69, 9.17) is 9.47 Å². The zero-order valence-corrected chi connectivity index (χ0v) is 13.9. The van der Waals surface area contributed by atoms with Crippen LogP contribution in [0, 0.1) is 11.8 Å². The first-order valence-corrected chi connectivity index (χ1v) is 8.60. The molecule has 20 heavy (non-hydrogen) atoms. The van der Waals surface area contributed by atoms with Gasteiger partial charge in [-0.2, -0.15) is 0 Å². The molecule has 2 nitrogen and oxygen atoms in total. The number of hydrogen-bond acceptors (Lipinski definition) is 2. The van der Waals surface area contributed by atoms with Crippen LogP contribution in [0.4, 0.5) is 0 Å². The first-order valence-electron chi connectivity index (χ1n) is 8.60. The van der Waals surface area contributed by atoms with Crippen molar-refractivity contribution in [2.24, 2.45) is 11.8 Å². The Labute approximate surface area is 125 Å². The van der Waals surface area contributed by atoms with E-state index < -0.39 is 0 Å². The normalized spacial score (nSPS) is 31.0. The molecule has 0 spiro atoms. The third kappa shape index (κ3) is 5.57. The van der Waals surface area contributed by atoms with Crippen LogP contribution in [0.2, 0.25) is 0 Å². The molecule has 1 saturated carbocycles. The zero-order chi connectivity index (χ0) is 14.8. The summed E-state index contributed by atoms with van der Waals surface area (Å²) in [6.45, 7) is 10.6. The molecule has 0 aromatic rings. The standard InChI is InChI=1S/C18H34O2/c1-5-8-13-19-17-15(4)11-12-16(10-7-3)18(17)20-14-9-6-2/h7,10,15-18H,5-6,8-9,11-14H2,1-4H3/b10-7+. The molecule has 1 rings (SSSR count). The lowest BCUT2D eigenvalue weighted by molar-refractivity contribution is -0.130. The maximum atomic E-state index is 6.23. The van der Waals surface area contributed by atoms with E-state index >= 15 is 0 Å². The van der Waals surface area contributed by atoms with Gasteiger partial charge in [0.05, 0.1) is 12.2 Å². The van der Waals surface area contributed by atoms with Crippen molar-refractivity contribution >= 4 is 0 Å². The highest BCUT2D eigenvalue weighted by molar-refractivity contribution is 4.98. The third-order valence-electron chi connectivity index (χ3n) is 4.32. The zero-order valence-electron chi connectivity index (χ0n) is 13.9. The number of ether oxygens (including phenoxy) is 2. The van der Waals surface area contributed by atoms with Crippen molar-refractivity contribution < 1.29 is 9.47 Å². The molecule has 0 amide bonds. The highest BCUT2D eigenvalue weighted by atomic mass is 16.5. The topological polar surface area (TPSA) is 18.5 Å². The van der Waals surface area contributed by atoms with E-state index in [-0.39, 0.29) is 12.2 Å². The van der Waals surface area contributed by atoms with E-state index in [2.05, 4.69) is 39.8 Å². The predicted octanol–water partition coefficient (Wildman–Crippen LogP) is 4.98. The molecule has 0 aromatic heterocycles. The van der Waals surface area contributed by atoms with Gasteiger partial charge in [-0.1, -0.05) is 45.8 Å². The Balaban J connectivity index is 2.64. The molecule has 0 bridgehead atoms. The molecule has 0 aromatic carbocycles. The van der Waals surface area contributed by atoms with E-state index in [0.29, 0.717) is 11.8 Å². The summed E-state index contributed by atoms with van der Waals surface area (Å²) >= 11 is 0. The Hall–Kier alpha value is -0.340. The molecule has 1 fully saturated rings. The third-order valence-corrected chi connectivity index (χ3v) is 4.32. The van der Waals surface area contributed by atoms with E-state index in [1.807, 2.05) is 0 Å². The molecule has 0 N–H and O–H groups in total. The van der Waals surface area contributed by atoms with Crippen LogP contribution in [0.25, 0.3) is 0 Å². The second kappa shape index (κ2) is 10.4. The summed E-state index contributed by atoms with van der Waals surface area (Å²) in [6.07, 6.45) is 12.2. The van der Waals surface area contributed by atoms with Gasteiger partial charge >= 0.3 is 0 Å². The first kappa shape index (κ1) is 17.7. The monoisotopic (exact) mass is 282 g/mol. The maximum absolute atomic E-state index is 6.23. The highest BCUT2D eigenvalue weighted by Crippen LogP contribution is 2.34. The van der Waals surface area contributed by atoms with Gasteiger partial charge in [0.1, 0.15) is 0 Å². The molecule has 1 aliphatic carbocycles. The summed E-state index contributed by atoms with van der Waals surface area (Å²) in [5, 5.41) is 0. The summed E-state index contributed by atoms with van der Waals surface area (Å²) in [5.74, 6) is 1.14. The molecule has 0 heterocycles. The number of rotatable bonds is 9. The fourth-order valence-electron chi connectivity index (χ4n) is 3.01. The smallest absolute Gasteiger partial charge is 0.0901 e. The summed E-state index contributed by atoms with van der Waals surface area (Å²) in [7, 11) is 0. The van der Waals surface area contributed by atoms with Crippen molar-refractivity contribution in [3.8, 4) is 0 Å². The van der Waals surface area contributed by atoms with Crippen LogP contribution in [0.15, 0.2) is 12.2 Å². The van der Waals surface area contributed by atoms with Gasteiger partial charge in [0.25, 0.3) is 0 Å². The molecule has 4 atom stereocenters. The Kier molecular flexibility index (Phi) is 9.21. The number of allylic oxidation sites excluding steroid dienone is 1. The summed E-state index contributed by atoms with van der Waals surface area (Å²) in [6, 6.07) is 0. The van der Waals surface area contributed by atoms with Crippen LogP contribution in [-0.4, -0.2) is 25.4 Å². The van der Waals surface area contributed by atoms with Crippen molar-refractivity contribution in [2.75, 3.05) is 13.2 Å². The molecule has 118 valence electrons. The van der Waals surface area contributed by atoms with Crippen LogP contribution in [0.1, 0.15) is 66.2 Å². The number of unbranched alkanes of at least 4 members (excludes halogenated alkanes) is 2. The fraction of sp³-hybridized carbons (Fsp3) is 0.889. The molecule has 0 saturated heterocycles. The Morgan fingerprint density at radius 1 is 0.950 bits per heavy atom. The van der Waals surface area contributed by atoms with Crippen LogP contribution >= 0.6 is 0 Å². The molecular formula is C18H34O2. The van der Waals surface area contributed by atoms with E-state index in [9.17, 15) is 0 Å². The SMILES string of the molecule is C/C=C/C1CCC(C)C(OCCCC)C1OCCCC. The Bertz CT molecular complexity index is 262. The van der Waals surface area contributed by atoms with Gasteiger partial charge in [-0.05, 0) is 38.5 Å². The second-order valence-electron chi connectivity index (χ2n) is 6.12. The second-order valence-corrected chi connectivity index (χ2v) is 6.12. The van der Waals surface area contributed by atoms with Gasteiger partial charge < -0.3 is 9.47 Å². The molecular weight excluding hydrogens is 248 g/mol. The van der Waals surface area contributed by atoms with Crippen molar-refractivity contribution in [3.05, 3.63) is 12.2 Å². The van der Waals surface area contributed by atoms with Gasteiger partial charge in [-0.25, -0.2) is 0 Å². The molecule has 0 aliphatic heterocycles. The maximum Gasteiger partial charge on any atom is 0.0901 e. The summed E-state index contributed by atoms with van der Waals surface area (Å²) < 4.78 is 12.4. The molecule has 0 radical (unpaired) electrons. The summed E-state index contributed by atoms with van der Waals surface area (Å²) in [5.41, 5.74) is 0. The minimum absolute atomic E-state index is 0.248. The molecule has 1 aliphatic rings. The lowest BCUT2D eigenvalue weighted by atomic mass is 9.78. The predicted molar refractivity (Wildman–Crippen MR) is 86.0 cm³/mol. The molecule has 4 unspecified atom stereocenters. The van der Waals surface area contributed by atoms with E-state index in [1.165, 1.54) is 25.7 Å². The molecule has 2 heteroatoms. The van der Waals surface area contributed by atoms with E-state index in [1.54, 1.807) is 0 Å². The van der Waals surface area contributed by atoms with Gasteiger partial charge in [0, 0.05) is 19.1 Å². The average molecular weight is 282 g/mol. The van der Waals surface area contributed by atoms with Gasteiger partial charge in [0.2, 0.25) is 0 Å². The summed E-state index contributed by atoms with van der Waals surface area (Å²) in [4.78, 5) is 0. The van der Waals surface area contributed by atoms with Crippen molar-refractivity contribution in [3.63, 3.8) is 0 Å². The Morgan fingerprint density at radius 3 is 2.10 bits per heavy atom. The van der Waals surface area contributed by atoms with Crippen LogP contribution in [0.3, 0.4) is 0 Å². The van der Waals surface area contributed by atoms with Crippen molar-refractivity contribution in [2.45, 2.75) is 78.4 Å². The largest absolute Gasteiger partial charge is 0.375 e. The quantitative estimate of drug-likeness (QED) is 0.438. The fourth-order valence-corrected chi connectivity index (χ4v) is 3.01. The lowest BCUT2D eigenvalue weighted by Crippen LogP contribution is -2.45. The van der Waals surface area contributed by atoms with Crippen LogP contribution in [-0.2, 0) is 9.47 Å². The minimum Gasteiger partial charge on any atom is -0.375 e. The lowest BCUT2D eigenvalue weighted by Gasteiger charge is -2.40. The van der Waals surface area contributed by atoms with Gasteiger partial charge in [-0.3, -0.25) is 0 Å². The van der Waals surface area contributed by atoms with Gasteiger partial charge in [-0.15, -0.1) is 0 Å².